The van der Waals surface area contributed by atoms with Crippen molar-refractivity contribution < 1.29 is 27.5 Å². The van der Waals surface area contributed by atoms with Crippen molar-refractivity contribution in [1.82, 2.24) is 9.80 Å². The van der Waals surface area contributed by atoms with Crippen LogP contribution in [0.2, 0.25) is 0 Å². The van der Waals surface area contributed by atoms with E-state index >= 15 is 0 Å². The first kappa shape index (κ1) is 29.2. The smallest absolute Gasteiger partial charge is 0.397 e. The molecule has 0 aromatic heterocycles. The fraction of sp³-hybridized carbons (Fsp3) is 0.600. The molecule has 1 aliphatic carbocycles. The van der Waals surface area contributed by atoms with Gasteiger partial charge in [0.1, 0.15) is 5.75 Å². The molecule has 2 aliphatic heterocycles. The molecule has 0 saturated carbocycles. The molecule has 4 rings (SSSR count). The summed E-state index contributed by atoms with van der Waals surface area (Å²) in [6, 6.07) is 7.91. The summed E-state index contributed by atoms with van der Waals surface area (Å²) in [5.74, 6) is -0.231. The van der Waals surface area contributed by atoms with E-state index in [1.54, 1.807) is 7.11 Å². The molecule has 2 heterocycles. The van der Waals surface area contributed by atoms with Gasteiger partial charge in [-0.05, 0) is 76.1 Å². The van der Waals surface area contributed by atoms with Crippen molar-refractivity contribution in [2.24, 2.45) is 23.0 Å². The van der Waals surface area contributed by atoms with Crippen LogP contribution < -0.4 is 10.5 Å². The lowest BCUT2D eigenvalue weighted by atomic mass is 9.73. The Morgan fingerprint density at radius 2 is 1.67 bits per heavy atom. The van der Waals surface area contributed by atoms with Crippen LogP contribution in [0.5, 0.6) is 5.75 Å². The van der Waals surface area contributed by atoms with Crippen LogP contribution in [0.1, 0.15) is 58.4 Å². The summed E-state index contributed by atoms with van der Waals surface area (Å²) in [5.41, 5.74) is 4.99. The molecule has 0 spiro atoms. The minimum Gasteiger partial charge on any atom is -0.497 e. The van der Waals surface area contributed by atoms with E-state index in [1.807, 2.05) is 29.2 Å². The van der Waals surface area contributed by atoms with Crippen LogP contribution in [0.15, 0.2) is 47.6 Å². The van der Waals surface area contributed by atoms with Gasteiger partial charge in [0.2, 0.25) is 11.8 Å². The van der Waals surface area contributed by atoms with Gasteiger partial charge in [-0.1, -0.05) is 24.3 Å². The van der Waals surface area contributed by atoms with E-state index in [0.717, 1.165) is 30.9 Å². The molecule has 2 fully saturated rings. The van der Waals surface area contributed by atoms with Gasteiger partial charge in [0.25, 0.3) is 0 Å². The van der Waals surface area contributed by atoms with E-state index in [2.05, 4.69) is 25.7 Å². The van der Waals surface area contributed by atoms with Gasteiger partial charge >= 0.3 is 6.18 Å². The van der Waals surface area contributed by atoms with Crippen LogP contribution in [0, 0.1) is 17.3 Å². The number of primary amides is 1. The van der Waals surface area contributed by atoms with Crippen molar-refractivity contribution in [3.05, 3.63) is 53.1 Å². The molecule has 214 valence electrons. The van der Waals surface area contributed by atoms with Crippen molar-refractivity contribution >= 4 is 11.8 Å². The maximum atomic E-state index is 13.9. The number of benzene rings is 1. The third-order valence-corrected chi connectivity index (χ3v) is 8.81. The Morgan fingerprint density at radius 1 is 1.05 bits per heavy atom. The summed E-state index contributed by atoms with van der Waals surface area (Å²) < 4.78 is 46.2. The highest BCUT2D eigenvalue weighted by molar-refractivity contribution is 5.97. The molecule has 1 aromatic rings. The SMILES string of the molecule is COc1ccc([C@@H]2CN(C(C)(C)C)CC2C(=O)N2CCC(C3=CCC(C)(C(F)(F)F)C=C3C(N)=O)CC2)cc1. The predicted molar refractivity (Wildman–Crippen MR) is 144 cm³/mol. The summed E-state index contributed by atoms with van der Waals surface area (Å²) in [7, 11) is 1.63. The lowest BCUT2D eigenvalue weighted by molar-refractivity contribution is -0.199. The van der Waals surface area contributed by atoms with Gasteiger partial charge in [-0.15, -0.1) is 0 Å². The fourth-order valence-corrected chi connectivity index (χ4v) is 6.13. The Kier molecular flexibility index (Phi) is 7.96. The molecule has 2 N–H and O–H groups in total. The van der Waals surface area contributed by atoms with Gasteiger partial charge in [-0.25, -0.2) is 0 Å². The molecule has 1 aromatic carbocycles. The second-order valence-electron chi connectivity index (χ2n) is 12.4. The fourth-order valence-electron chi connectivity index (χ4n) is 6.13. The number of nitrogens with zero attached hydrogens (tertiary/aromatic N) is 2. The molecule has 0 bridgehead atoms. The molecule has 3 aliphatic rings. The number of carbonyl (C=O) groups is 2. The molecule has 6 nitrogen and oxygen atoms in total. The maximum absolute atomic E-state index is 13.9. The number of halogens is 3. The molecular formula is C30H40F3N3O3. The van der Waals surface area contributed by atoms with Crippen LogP contribution >= 0.6 is 0 Å². The van der Waals surface area contributed by atoms with Crippen LogP contribution in [0.25, 0.3) is 0 Å². The van der Waals surface area contributed by atoms with E-state index < -0.39 is 17.5 Å². The highest BCUT2D eigenvalue weighted by atomic mass is 19.4. The highest BCUT2D eigenvalue weighted by Gasteiger charge is 2.51. The number of nitrogens with two attached hydrogens (primary N) is 1. The van der Waals surface area contributed by atoms with E-state index in [1.165, 1.54) is 6.08 Å². The zero-order valence-corrected chi connectivity index (χ0v) is 23.5. The minimum atomic E-state index is -4.48. The van der Waals surface area contributed by atoms with Crippen LogP contribution in [0.3, 0.4) is 0 Å². The van der Waals surface area contributed by atoms with Gasteiger partial charge < -0.3 is 15.4 Å². The second-order valence-corrected chi connectivity index (χ2v) is 12.4. The van der Waals surface area contributed by atoms with Crippen molar-refractivity contribution in [3.8, 4) is 5.75 Å². The van der Waals surface area contributed by atoms with Crippen LogP contribution in [0.4, 0.5) is 13.2 Å². The number of ether oxygens (including phenoxy) is 1. The topological polar surface area (TPSA) is 75.9 Å². The lowest BCUT2D eigenvalue weighted by Crippen LogP contribution is -2.45. The van der Waals surface area contributed by atoms with E-state index in [4.69, 9.17) is 10.5 Å². The number of carbonyl (C=O) groups excluding carboxylic acids is 2. The minimum absolute atomic E-state index is 0.0398. The number of hydrogen-bond acceptors (Lipinski definition) is 4. The molecule has 0 radical (unpaired) electrons. The normalized spacial score (nSPS) is 27.2. The third kappa shape index (κ3) is 5.88. The Morgan fingerprint density at radius 3 is 2.18 bits per heavy atom. The summed E-state index contributed by atoms with van der Waals surface area (Å²) in [6.45, 7) is 9.97. The lowest BCUT2D eigenvalue weighted by Gasteiger charge is -2.38. The quantitative estimate of drug-likeness (QED) is 0.559. The molecule has 2 amide bonds. The first-order chi connectivity index (χ1) is 18.1. The molecule has 2 unspecified atom stereocenters. The van der Waals surface area contributed by atoms with Gasteiger partial charge in [0.05, 0.1) is 18.4 Å². The average Bonchev–Trinajstić information content (AvgIpc) is 3.34. The largest absolute Gasteiger partial charge is 0.497 e. The first-order valence-corrected chi connectivity index (χ1v) is 13.6. The Balaban J connectivity index is 1.48. The number of likely N-dealkylation sites (tertiary alicyclic amines) is 2. The molecule has 9 heteroatoms. The molecule has 39 heavy (non-hydrogen) atoms. The van der Waals surface area contributed by atoms with E-state index in [9.17, 15) is 22.8 Å². The molecule has 3 atom stereocenters. The standard InChI is InChI=1S/C30H40F3N3O3/c1-28(2,3)36-17-24(19-6-8-21(39-5)9-7-19)25(18-36)27(38)35-14-11-20(12-15-35)22-10-13-29(4,30(31,32)33)16-23(22)26(34)37/h6-10,16,20,24-25H,11-15,17-18H2,1-5H3,(H2,34,37)/t24-,25?,29?/m0/s1. The Labute approximate surface area is 229 Å². The second kappa shape index (κ2) is 10.6. The number of allylic oxidation sites excluding steroid dienone is 2. The molecule has 2 saturated heterocycles. The summed E-state index contributed by atoms with van der Waals surface area (Å²) >= 11 is 0. The van der Waals surface area contributed by atoms with Crippen LogP contribution in [-0.2, 0) is 9.59 Å². The number of hydrogen-bond donors (Lipinski definition) is 1. The van der Waals surface area contributed by atoms with E-state index in [-0.39, 0.29) is 41.2 Å². The van der Waals surface area contributed by atoms with Crippen molar-refractivity contribution in [2.45, 2.75) is 64.6 Å². The van der Waals surface area contributed by atoms with Gasteiger partial charge in [0.15, 0.2) is 0 Å². The third-order valence-electron chi connectivity index (χ3n) is 8.81. The van der Waals surface area contributed by atoms with Crippen molar-refractivity contribution in [1.29, 1.82) is 0 Å². The number of alkyl halides is 3. The van der Waals surface area contributed by atoms with Crippen LogP contribution in [-0.4, -0.2) is 66.6 Å². The summed E-state index contributed by atoms with van der Waals surface area (Å²) in [6.07, 6.45) is -1.01. The van der Waals surface area contributed by atoms with Gasteiger partial charge in [-0.2, -0.15) is 13.2 Å². The Bertz CT molecular complexity index is 1140. The summed E-state index contributed by atoms with van der Waals surface area (Å²) in [5, 5.41) is 0. The number of methoxy groups -OCH3 is 1. The highest BCUT2D eigenvalue weighted by Crippen LogP contribution is 2.48. The zero-order chi connectivity index (χ0) is 28.8. The van der Waals surface area contributed by atoms with Crippen molar-refractivity contribution in [2.75, 3.05) is 33.3 Å². The average molecular weight is 548 g/mol. The number of rotatable bonds is 5. The first-order valence-electron chi connectivity index (χ1n) is 13.6. The van der Waals surface area contributed by atoms with Gasteiger partial charge in [0, 0.05) is 43.2 Å². The molecular weight excluding hydrogens is 507 g/mol. The maximum Gasteiger partial charge on any atom is 0.397 e. The number of amides is 2. The Hall–Kier alpha value is -2.81. The summed E-state index contributed by atoms with van der Waals surface area (Å²) in [4.78, 5) is 30.3. The van der Waals surface area contributed by atoms with E-state index in [0.29, 0.717) is 38.0 Å². The van der Waals surface area contributed by atoms with Gasteiger partial charge in [-0.3, -0.25) is 14.5 Å². The number of piperidine rings is 1. The predicted octanol–water partition coefficient (Wildman–Crippen LogP) is 5.06. The zero-order valence-electron chi connectivity index (χ0n) is 23.5. The monoisotopic (exact) mass is 547 g/mol. The van der Waals surface area contributed by atoms with Crippen molar-refractivity contribution in [3.63, 3.8) is 0 Å².